The number of phenols is 1. The van der Waals surface area contributed by atoms with Gasteiger partial charge in [0.2, 0.25) is 0 Å². The second-order valence-corrected chi connectivity index (χ2v) is 8.25. The topological polar surface area (TPSA) is 107 Å². The molecule has 0 aromatic heterocycles. The second kappa shape index (κ2) is 13.3. The van der Waals surface area contributed by atoms with Crippen molar-refractivity contribution < 1.29 is 24.3 Å². The summed E-state index contributed by atoms with van der Waals surface area (Å²) in [6.45, 7) is 8.98. The monoisotopic (exact) mass is 457 g/mol. The first kappa shape index (κ1) is 26.0. The molecule has 8 nitrogen and oxygen atoms in total. The summed E-state index contributed by atoms with van der Waals surface area (Å²) in [5, 5.41) is 13.9. The third kappa shape index (κ3) is 8.31. The van der Waals surface area contributed by atoms with Crippen LogP contribution in [-0.4, -0.2) is 47.4 Å². The maximum Gasteiger partial charge on any atom is 0.258 e. The molecule has 0 radical (unpaired) electrons. The molecule has 0 heterocycles. The van der Waals surface area contributed by atoms with Gasteiger partial charge in [-0.2, -0.15) is 0 Å². The van der Waals surface area contributed by atoms with Crippen LogP contribution in [-0.2, 0) is 4.94 Å². The molecular formula is C25H35N3O5. The molecule has 2 rings (SSSR count). The molecule has 1 amide bonds. The zero-order valence-electron chi connectivity index (χ0n) is 19.9. The lowest BCUT2D eigenvalue weighted by Crippen LogP contribution is -2.42. The number of hydrogen-bond acceptors (Lipinski definition) is 7. The number of nitrogens with two attached hydrogens (primary N) is 1. The molecule has 0 atom stereocenters. The summed E-state index contributed by atoms with van der Waals surface area (Å²) >= 11 is 0. The van der Waals surface area contributed by atoms with E-state index in [0.717, 1.165) is 30.6 Å². The van der Waals surface area contributed by atoms with Crippen molar-refractivity contribution in [1.82, 2.24) is 4.90 Å². The highest BCUT2D eigenvalue weighted by Crippen LogP contribution is 2.26. The molecule has 0 aliphatic heterocycles. The van der Waals surface area contributed by atoms with E-state index in [4.69, 9.17) is 15.4 Å². The summed E-state index contributed by atoms with van der Waals surface area (Å²) in [6.07, 6.45) is 4.21. The number of phenolic OH excluding ortho intramolecular Hbond substituents is 1. The van der Waals surface area contributed by atoms with E-state index in [2.05, 4.69) is 10.1 Å². The fourth-order valence-electron chi connectivity index (χ4n) is 3.49. The lowest BCUT2D eigenvalue weighted by Gasteiger charge is -2.31. The van der Waals surface area contributed by atoms with Crippen LogP contribution >= 0.6 is 0 Å². The molecule has 0 saturated carbocycles. The van der Waals surface area contributed by atoms with Crippen LogP contribution in [0.2, 0.25) is 0 Å². The van der Waals surface area contributed by atoms with Gasteiger partial charge in [0.15, 0.2) is 0 Å². The van der Waals surface area contributed by atoms with Crippen molar-refractivity contribution in [3.8, 4) is 17.2 Å². The van der Waals surface area contributed by atoms with Crippen molar-refractivity contribution in [1.29, 1.82) is 0 Å². The number of rotatable bonds is 13. The molecular weight excluding hydrogens is 422 g/mol. The second-order valence-electron chi connectivity index (χ2n) is 8.25. The van der Waals surface area contributed by atoms with Gasteiger partial charge in [0.1, 0.15) is 17.2 Å². The fraction of sp³-hybridized carbons (Fsp3) is 0.440. The Morgan fingerprint density at radius 3 is 2.09 bits per heavy atom. The van der Waals surface area contributed by atoms with Gasteiger partial charge in [0, 0.05) is 18.2 Å². The zero-order chi connectivity index (χ0) is 24.2. The number of carbonyl (C=O) groups is 1. The van der Waals surface area contributed by atoms with E-state index in [1.807, 2.05) is 52.0 Å². The van der Waals surface area contributed by atoms with Crippen LogP contribution in [0, 0.1) is 0 Å². The number of carbonyl (C=O) groups excluding carboxylic acids is 1. The van der Waals surface area contributed by atoms with E-state index < -0.39 is 0 Å². The molecule has 0 spiro atoms. The van der Waals surface area contributed by atoms with Gasteiger partial charge in [-0.15, -0.1) is 5.90 Å². The number of unbranched alkanes of at least 4 members (excludes halogenated alkanes) is 2. The number of aromatic hydroxyl groups is 1. The number of ether oxygens (including phenoxy) is 2. The Hall–Kier alpha value is -3.26. The van der Waals surface area contributed by atoms with Gasteiger partial charge in [0.25, 0.3) is 5.91 Å². The third-order valence-electron chi connectivity index (χ3n) is 5.02. The van der Waals surface area contributed by atoms with Crippen LogP contribution in [0.5, 0.6) is 17.2 Å². The van der Waals surface area contributed by atoms with Gasteiger partial charge < -0.3 is 24.4 Å². The van der Waals surface area contributed by atoms with E-state index in [1.165, 1.54) is 12.3 Å². The number of benzene rings is 2. The van der Waals surface area contributed by atoms with Crippen LogP contribution < -0.4 is 15.4 Å². The van der Waals surface area contributed by atoms with Crippen LogP contribution in [0.1, 0.15) is 62.9 Å². The number of nitrogens with zero attached hydrogens (tertiary/aromatic N) is 2. The molecule has 0 unspecified atom stereocenters. The Morgan fingerprint density at radius 2 is 1.55 bits per heavy atom. The largest absolute Gasteiger partial charge is 0.507 e. The van der Waals surface area contributed by atoms with E-state index in [1.54, 1.807) is 17.0 Å². The van der Waals surface area contributed by atoms with E-state index in [0.29, 0.717) is 19.0 Å². The third-order valence-corrected chi connectivity index (χ3v) is 5.02. The summed E-state index contributed by atoms with van der Waals surface area (Å²) < 4.78 is 11.5. The van der Waals surface area contributed by atoms with E-state index in [9.17, 15) is 9.90 Å². The lowest BCUT2D eigenvalue weighted by molar-refractivity contribution is 0.0640. The molecule has 8 heteroatoms. The SMILES string of the molecule is CC(C)N(C(=O)c1ccc(OCCCCCOc2ccc(C=NON)cc2)cc1O)C(C)C. The summed E-state index contributed by atoms with van der Waals surface area (Å²) in [5.74, 6) is 5.93. The quantitative estimate of drug-likeness (QED) is 0.260. The Bertz CT molecular complexity index is 889. The number of oxime groups is 1. The molecule has 2 aromatic rings. The van der Waals surface area contributed by atoms with E-state index >= 15 is 0 Å². The maximum atomic E-state index is 12.8. The van der Waals surface area contributed by atoms with Gasteiger partial charge in [0.05, 0.1) is 25.0 Å². The summed E-state index contributed by atoms with van der Waals surface area (Å²) in [4.78, 5) is 18.7. The average molecular weight is 458 g/mol. The zero-order valence-corrected chi connectivity index (χ0v) is 19.9. The Morgan fingerprint density at radius 1 is 0.970 bits per heavy atom. The predicted molar refractivity (Wildman–Crippen MR) is 129 cm³/mol. The Labute approximate surface area is 195 Å². The minimum Gasteiger partial charge on any atom is -0.507 e. The lowest BCUT2D eigenvalue weighted by atomic mass is 10.1. The maximum absolute atomic E-state index is 12.8. The smallest absolute Gasteiger partial charge is 0.258 e. The predicted octanol–water partition coefficient (Wildman–Crippen LogP) is 4.50. The molecule has 0 bridgehead atoms. The minimum atomic E-state index is -0.184. The first-order valence-corrected chi connectivity index (χ1v) is 11.2. The van der Waals surface area contributed by atoms with Gasteiger partial charge in [-0.05, 0) is 88.9 Å². The molecule has 0 fully saturated rings. The van der Waals surface area contributed by atoms with Crippen LogP contribution in [0.15, 0.2) is 47.6 Å². The van der Waals surface area contributed by atoms with Gasteiger partial charge in [-0.3, -0.25) is 4.79 Å². The summed E-state index contributed by atoms with van der Waals surface area (Å²) in [5.41, 5.74) is 1.15. The molecule has 0 saturated heterocycles. The first-order chi connectivity index (χ1) is 15.8. The molecule has 180 valence electrons. The molecule has 2 aromatic carbocycles. The normalized spacial score (nSPS) is 11.2. The van der Waals surface area contributed by atoms with E-state index in [-0.39, 0.29) is 29.3 Å². The van der Waals surface area contributed by atoms with Crippen molar-refractivity contribution in [3.05, 3.63) is 53.6 Å². The van der Waals surface area contributed by atoms with Crippen LogP contribution in [0.4, 0.5) is 0 Å². The van der Waals surface area contributed by atoms with Crippen molar-refractivity contribution in [2.45, 2.75) is 59.0 Å². The Kier molecular flexibility index (Phi) is 10.5. The standard InChI is InChI=1S/C25H35N3O5/c1-18(2)28(19(3)4)25(30)23-13-12-22(16-24(23)29)32-15-7-5-6-14-31-21-10-8-20(9-11-21)17-27-33-26/h8-13,16-19,29H,5-7,14-15,26H2,1-4H3. The Balaban J connectivity index is 1.71. The van der Waals surface area contributed by atoms with Crippen molar-refractivity contribution in [3.63, 3.8) is 0 Å². The highest BCUT2D eigenvalue weighted by Gasteiger charge is 2.24. The first-order valence-electron chi connectivity index (χ1n) is 11.2. The number of amides is 1. The van der Waals surface area contributed by atoms with Gasteiger partial charge in [-0.1, -0.05) is 5.16 Å². The minimum absolute atomic E-state index is 0.0436. The van der Waals surface area contributed by atoms with Crippen LogP contribution in [0.25, 0.3) is 0 Å². The summed E-state index contributed by atoms with van der Waals surface area (Å²) in [7, 11) is 0. The average Bonchev–Trinajstić information content (AvgIpc) is 2.77. The fourth-order valence-corrected chi connectivity index (χ4v) is 3.49. The van der Waals surface area contributed by atoms with Crippen molar-refractivity contribution in [2.75, 3.05) is 13.2 Å². The highest BCUT2D eigenvalue weighted by atomic mass is 16.7. The molecule has 33 heavy (non-hydrogen) atoms. The van der Waals surface area contributed by atoms with Crippen molar-refractivity contribution >= 4 is 12.1 Å². The molecule has 0 aliphatic rings. The van der Waals surface area contributed by atoms with Crippen molar-refractivity contribution in [2.24, 2.45) is 11.1 Å². The highest BCUT2D eigenvalue weighted by molar-refractivity contribution is 5.97. The molecule has 0 aliphatic carbocycles. The van der Waals surface area contributed by atoms with Gasteiger partial charge >= 0.3 is 0 Å². The summed E-state index contributed by atoms with van der Waals surface area (Å²) in [6, 6.07) is 12.4. The number of hydrogen-bond donors (Lipinski definition) is 2. The van der Waals surface area contributed by atoms with Gasteiger partial charge in [-0.25, -0.2) is 0 Å². The molecule has 3 N–H and O–H groups in total. The van der Waals surface area contributed by atoms with Crippen LogP contribution in [0.3, 0.4) is 0 Å².